The highest BCUT2D eigenvalue weighted by Crippen LogP contribution is 2.55. The summed E-state index contributed by atoms with van der Waals surface area (Å²) in [6, 6.07) is 4.92. The average Bonchev–Trinajstić information content (AvgIpc) is 2.33. The molecule has 2 N–H and O–H groups in total. The third-order valence-electron chi connectivity index (χ3n) is 5.42. The van der Waals surface area contributed by atoms with Crippen LogP contribution in [-0.4, -0.2) is 31.8 Å². The molecule has 1 aromatic carbocycles. The number of amides is 1. The van der Waals surface area contributed by atoms with Crippen LogP contribution in [0.4, 0.5) is 0 Å². The molecule has 1 saturated carbocycles. The summed E-state index contributed by atoms with van der Waals surface area (Å²) < 4.78 is 23.0. The maximum atomic E-state index is 12.8. The Kier molecular flexibility index (Phi) is 3.80. The molecule has 1 amide bonds. The predicted octanol–water partition coefficient (Wildman–Crippen LogP) is 2.29. The minimum Gasteiger partial charge on any atom is -0.334 e. The first kappa shape index (κ1) is 16.5. The Morgan fingerprint density at radius 1 is 1.35 bits per heavy atom. The van der Waals surface area contributed by atoms with Crippen molar-refractivity contribution >= 4 is 15.9 Å². The number of nitrogens with zero attached hydrogens (tertiary/aromatic N) is 1. The fraction of sp³-hybridized carbons (Fsp3) is 0.588. The lowest BCUT2D eigenvalue weighted by molar-refractivity contribution is -0.120. The minimum absolute atomic E-state index is 0.00899. The molecule has 1 aliphatic carbocycles. The van der Waals surface area contributed by atoms with Crippen molar-refractivity contribution in [2.24, 2.45) is 16.5 Å². The quantitative estimate of drug-likeness (QED) is 0.919. The summed E-state index contributed by atoms with van der Waals surface area (Å²) in [5.41, 5.74) is 1.38. The number of hydrogen-bond donors (Lipinski definition) is 1. The third-order valence-corrected chi connectivity index (χ3v) is 6.49. The van der Waals surface area contributed by atoms with Gasteiger partial charge in [0, 0.05) is 23.6 Å². The second-order valence-electron chi connectivity index (χ2n) is 7.36. The van der Waals surface area contributed by atoms with Crippen molar-refractivity contribution in [3.8, 4) is 0 Å². The molecule has 6 heteroatoms. The van der Waals surface area contributed by atoms with Crippen LogP contribution in [0.2, 0.25) is 0 Å². The number of rotatable bonds is 3. The lowest BCUT2D eigenvalue weighted by atomic mass is 9.55. The van der Waals surface area contributed by atoms with Gasteiger partial charge in [0.15, 0.2) is 0 Å². The van der Waals surface area contributed by atoms with Crippen molar-refractivity contribution in [1.82, 2.24) is 4.90 Å². The third kappa shape index (κ3) is 2.58. The molecule has 5 nitrogen and oxygen atoms in total. The number of sulfonamides is 1. The van der Waals surface area contributed by atoms with Crippen LogP contribution < -0.4 is 5.14 Å². The van der Waals surface area contributed by atoms with Gasteiger partial charge in [0.2, 0.25) is 10.0 Å². The molecular formula is C17H24N2O3S. The number of hydrogen-bond acceptors (Lipinski definition) is 3. The normalized spacial score (nSPS) is 22.8. The number of aryl methyl sites for hydroxylation is 1. The van der Waals surface area contributed by atoms with Crippen molar-refractivity contribution in [2.75, 3.05) is 6.54 Å². The van der Waals surface area contributed by atoms with Crippen LogP contribution in [0.5, 0.6) is 0 Å². The molecule has 1 atom stereocenters. The van der Waals surface area contributed by atoms with Crippen LogP contribution >= 0.6 is 0 Å². The molecule has 0 bridgehead atoms. The molecule has 1 heterocycles. The lowest BCUT2D eigenvalue weighted by Gasteiger charge is -2.64. The second-order valence-corrected chi connectivity index (χ2v) is 8.89. The highest BCUT2D eigenvalue weighted by atomic mass is 32.2. The largest absolute Gasteiger partial charge is 0.334 e. The maximum absolute atomic E-state index is 12.8. The predicted molar refractivity (Wildman–Crippen MR) is 88.5 cm³/mol. The summed E-state index contributed by atoms with van der Waals surface area (Å²) in [7, 11) is -3.75. The highest BCUT2D eigenvalue weighted by Gasteiger charge is 2.58. The summed E-state index contributed by atoms with van der Waals surface area (Å²) in [5.74, 6) is 0.420. The van der Waals surface area contributed by atoms with E-state index in [9.17, 15) is 13.2 Å². The summed E-state index contributed by atoms with van der Waals surface area (Å²) in [4.78, 5) is 14.9. The van der Waals surface area contributed by atoms with E-state index in [0.29, 0.717) is 28.5 Å². The lowest BCUT2D eigenvalue weighted by Crippen LogP contribution is -2.70. The zero-order valence-corrected chi connectivity index (χ0v) is 14.7. The maximum Gasteiger partial charge on any atom is 0.254 e. The van der Waals surface area contributed by atoms with Crippen molar-refractivity contribution in [2.45, 2.75) is 51.0 Å². The Balaban J connectivity index is 1.85. The highest BCUT2D eigenvalue weighted by molar-refractivity contribution is 7.89. The van der Waals surface area contributed by atoms with Crippen molar-refractivity contribution in [3.05, 3.63) is 29.3 Å². The summed E-state index contributed by atoms with van der Waals surface area (Å²) >= 11 is 0. The van der Waals surface area contributed by atoms with Gasteiger partial charge in [0.25, 0.3) is 5.91 Å². The van der Waals surface area contributed by atoms with E-state index in [0.717, 1.165) is 6.54 Å². The fourth-order valence-corrected chi connectivity index (χ4v) is 5.13. The van der Waals surface area contributed by atoms with Gasteiger partial charge in [-0.15, -0.1) is 0 Å². The van der Waals surface area contributed by atoms with Crippen LogP contribution in [0.3, 0.4) is 0 Å². The van der Waals surface area contributed by atoms with E-state index >= 15 is 0 Å². The number of nitrogens with two attached hydrogens (primary N) is 1. The van der Waals surface area contributed by atoms with Crippen molar-refractivity contribution in [1.29, 1.82) is 0 Å². The monoisotopic (exact) mass is 336 g/mol. The number of carbonyl (C=O) groups excluding carboxylic acids is 1. The minimum atomic E-state index is -3.75. The topological polar surface area (TPSA) is 80.5 Å². The van der Waals surface area contributed by atoms with Gasteiger partial charge in [-0.2, -0.15) is 0 Å². The summed E-state index contributed by atoms with van der Waals surface area (Å²) in [6.45, 7) is 6.82. The number of carbonyl (C=O) groups is 1. The number of likely N-dealkylation sites (tertiary alicyclic amines) is 1. The molecular weight excluding hydrogens is 312 g/mol. The van der Waals surface area contributed by atoms with Crippen molar-refractivity contribution in [3.63, 3.8) is 0 Å². The van der Waals surface area contributed by atoms with E-state index in [4.69, 9.17) is 5.14 Å². The molecule has 3 rings (SSSR count). The standard InChI is InChI=1S/C17H24N2O3S/c1-11(2)15-17(7-4-8-17)10-19(15)16(20)13-5-6-14(12(3)9-13)23(18,21)22/h5-6,9,11,15H,4,7-8,10H2,1-3H3,(H2,18,21,22)/t15-/m0/s1. The van der Waals surface area contributed by atoms with Crippen LogP contribution in [0.15, 0.2) is 23.1 Å². The molecule has 0 unspecified atom stereocenters. The first-order valence-electron chi connectivity index (χ1n) is 8.10. The van der Waals surface area contributed by atoms with E-state index in [2.05, 4.69) is 13.8 Å². The molecule has 0 radical (unpaired) electrons. The SMILES string of the molecule is Cc1cc(C(=O)N2CC3(CCC3)[C@@H]2C(C)C)ccc1S(N)(=O)=O. The van der Waals surface area contributed by atoms with Gasteiger partial charge in [-0.3, -0.25) is 4.79 Å². The first-order chi connectivity index (χ1) is 10.7. The van der Waals surface area contributed by atoms with Crippen LogP contribution in [0.25, 0.3) is 0 Å². The zero-order valence-electron chi connectivity index (χ0n) is 13.9. The Morgan fingerprint density at radius 2 is 2.00 bits per heavy atom. The first-order valence-corrected chi connectivity index (χ1v) is 9.65. The molecule has 1 aliphatic heterocycles. The fourth-order valence-electron chi connectivity index (χ4n) is 4.37. The summed E-state index contributed by atoms with van der Waals surface area (Å²) in [5, 5.41) is 5.18. The molecule has 0 aromatic heterocycles. The van der Waals surface area contributed by atoms with Gasteiger partial charge in [0.1, 0.15) is 0 Å². The Labute approximate surface area is 137 Å². The number of benzene rings is 1. The van der Waals surface area contributed by atoms with Crippen LogP contribution in [0.1, 0.15) is 49.0 Å². The van der Waals surface area contributed by atoms with Gasteiger partial charge in [-0.25, -0.2) is 13.6 Å². The molecule has 2 fully saturated rings. The van der Waals surface area contributed by atoms with Gasteiger partial charge < -0.3 is 4.90 Å². The second kappa shape index (κ2) is 5.31. The van der Waals surface area contributed by atoms with Crippen molar-refractivity contribution < 1.29 is 13.2 Å². The number of primary sulfonamides is 1. The Morgan fingerprint density at radius 3 is 2.43 bits per heavy atom. The molecule has 1 spiro atoms. The van der Waals surface area contributed by atoms with E-state index in [-0.39, 0.29) is 10.8 Å². The van der Waals surface area contributed by atoms with E-state index in [1.54, 1.807) is 19.1 Å². The smallest absolute Gasteiger partial charge is 0.254 e. The molecule has 2 aliphatic rings. The summed E-state index contributed by atoms with van der Waals surface area (Å²) in [6.07, 6.45) is 3.68. The van der Waals surface area contributed by atoms with Crippen LogP contribution in [0, 0.1) is 18.3 Å². The van der Waals surface area contributed by atoms with Crippen LogP contribution in [-0.2, 0) is 10.0 Å². The van der Waals surface area contributed by atoms with E-state index in [1.807, 2.05) is 4.90 Å². The van der Waals surface area contributed by atoms with E-state index in [1.165, 1.54) is 25.3 Å². The van der Waals surface area contributed by atoms with Gasteiger partial charge in [-0.05, 0) is 49.4 Å². The van der Waals surface area contributed by atoms with Gasteiger partial charge in [0.05, 0.1) is 4.90 Å². The Hall–Kier alpha value is -1.40. The van der Waals surface area contributed by atoms with E-state index < -0.39 is 10.0 Å². The van der Waals surface area contributed by atoms with Gasteiger partial charge in [-0.1, -0.05) is 20.3 Å². The molecule has 126 valence electrons. The average molecular weight is 336 g/mol. The zero-order chi connectivity index (χ0) is 17.0. The van der Waals surface area contributed by atoms with Gasteiger partial charge >= 0.3 is 0 Å². The molecule has 23 heavy (non-hydrogen) atoms. The molecule has 1 saturated heterocycles. The Bertz CT molecular complexity index is 751. The molecule has 1 aromatic rings.